The van der Waals surface area contributed by atoms with E-state index in [1.54, 1.807) is 0 Å². The van der Waals surface area contributed by atoms with Crippen molar-refractivity contribution < 1.29 is 13.2 Å². The van der Waals surface area contributed by atoms with E-state index in [2.05, 4.69) is 10.8 Å². The molecule has 0 spiro atoms. The first-order valence-electron chi connectivity index (χ1n) is 8.09. The molecule has 0 saturated carbocycles. The van der Waals surface area contributed by atoms with Crippen molar-refractivity contribution in [1.29, 1.82) is 5.26 Å². The van der Waals surface area contributed by atoms with Crippen molar-refractivity contribution in [3.05, 3.63) is 35.9 Å². The van der Waals surface area contributed by atoms with E-state index in [-0.39, 0.29) is 11.7 Å². The summed E-state index contributed by atoms with van der Waals surface area (Å²) >= 11 is 0. The molecule has 23 heavy (non-hydrogen) atoms. The van der Waals surface area contributed by atoms with Crippen LogP contribution < -0.4 is 4.72 Å². The highest BCUT2D eigenvalue weighted by molar-refractivity contribution is 7.89. The molecule has 0 radical (unpaired) electrons. The van der Waals surface area contributed by atoms with Gasteiger partial charge in [0.2, 0.25) is 10.0 Å². The van der Waals surface area contributed by atoms with E-state index >= 15 is 0 Å². The van der Waals surface area contributed by atoms with Gasteiger partial charge in [0.05, 0.1) is 17.7 Å². The van der Waals surface area contributed by atoms with E-state index < -0.39 is 15.9 Å². The fourth-order valence-electron chi connectivity index (χ4n) is 2.86. The molecular weight excluding hydrogens is 312 g/mol. The predicted molar refractivity (Wildman–Crippen MR) is 89.2 cm³/mol. The molecule has 1 saturated heterocycles. The van der Waals surface area contributed by atoms with Crippen LogP contribution in [-0.4, -0.2) is 33.9 Å². The number of hydrogen-bond acceptors (Lipinski definition) is 4. The van der Waals surface area contributed by atoms with Crippen molar-refractivity contribution in [2.75, 3.05) is 25.5 Å². The lowest BCUT2D eigenvalue weighted by molar-refractivity contribution is 0.0572. The van der Waals surface area contributed by atoms with Crippen molar-refractivity contribution in [1.82, 2.24) is 4.72 Å². The smallest absolute Gasteiger partial charge is 0.212 e. The number of nitrogens with zero attached hydrogens (tertiary/aromatic N) is 1. The Morgan fingerprint density at radius 2 is 1.96 bits per heavy atom. The van der Waals surface area contributed by atoms with Crippen LogP contribution in [0.15, 0.2) is 30.3 Å². The largest absolute Gasteiger partial charge is 0.381 e. The molecule has 0 aromatic heterocycles. The van der Waals surface area contributed by atoms with Gasteiger partial charge in [-0.2, -0.15) is 5.26 Å². The Balaban J connectivity index is 1.75. The van der Waals surface area contributed by atoms with Crippen LogP contribution in [0.1, 0.15) is 24.8 Å². The van der Waals surface area contributed by atoms with Crippen LogP contribution in [0.25, 0.3) is 0 Å². The number of sulfonamides is 1. The van der Waals surface area contributed by atoms with Gasteiger partial charge in [-0.25, -0.2) is 13.1 Å². The van der Waals surface area contributed by atoms with Crippen molar-refractivity contribution in [3.8, 4) is 6.07 Å². The number of benzene rings is 1. The summed E-state index contributed by atoms with van der Waals surface area (Å²) in [6, 6.07) is 12.2. The zero-order chi connectivity index (χ0) is 16.5. The highest BCUT2D eigenvalue weighted by Gasteiger charge is 2.28. The van der Waals surface area contributed by atoms with Gasteiger partial charge in [-0.3, -0.25) is 0 Å². The molecule has 1 N–H and O–H groups in total. The predicted octanol–water partition coefficient (Wildman–Crippen LogP) is 2.10. The molecule has 1 aromatic rings. The molecule has 1 unspecified atom stereocenters. The van der Waals surface area contributed by atoms with Gasteiger partial charge in [-0.1, -0.05) is 30.3 Å². The Morgan fingerprint density at radius 1 is 1.26 bits per heavy atom. The molecule has 0 bridgehead atoms. The zero-order valence-electron chi connectivity index (χ0n) is 13.3. The van der Waals surface area contributed by atoms with E-state index in [1.807, 2.05) is 30.3 Å². The van der Waals surface area contributed by atoms with Gasteiger partial charge in [0, 0.05) is 19.8 Å². The average molecular weight is 336 g/mol. The molecule has 1 atom stereocenters. The van der Waals surface area contributed by atoms with Crippen LogP contribution >= 0.6 is 0 Å². The van der Waals surface area contributed by atoms with Gasteiger partial charge < -0.3 is 4.74 Å². The summed E-state index contributed by atoms with van der Waals surface area (Å²) in [6.07, 6.45) is 3.12. The summed E-state index contributed by atoms with van der Waals surface area (Å²) in [7, 11) is -3.41. The van der Waals surface area contributed by atoms with Crippen LogP contribution in [0.5, 0.6) is 0 Å². The molecule has 1 heterocycles. The van der Waals surface area contributed by atoms with Crippen molar-refractivity contribution in [3.63, 3.8) is 0 Å². The number of nitrogens with one attached hydrogen (secondary N) is 1. The second-order valence-electron chi connectivity index (χ2n) is 5.95. The summed E-state index contributed by atoms with van der Waals surface area (Å²) in [6.45, 7) is 1.64. The summed E-state index contributed by atoms with van der Waals surface area (Å²) in [5, 5.41) is 9.28. The van der Waals surface area contributed by atoms with E-state index in [4.69, 9.17) is 4.74 Å². The SMILES string of the molecule is N#CC(CS(=O)(=O)NCCCc1ccccc1)C1CCOCC1. The minimum atomic E-state index is -3.41. The molecule has 126 valence electrons. The van der Waals surface area contributed by atoms with E-state index in [1.165, 1.54) is 5.56 Å². The monoisotopic (exact) mass is 336 g/mol. The summed E-state index contributed by atoms with van der Waals surface area (Å²) in [5.74, 6) is -0.445. The van der Waals surface area contributed by atoms with Gasteiger partial charge in [-0.05, 0) is 37.2 Å². The second kappa shape index (κ2) is 9.02. The average Bonchev–Trinajstić information content (AvgIpc) is 2.58. The second-order valence-corrected chi connectivity index (χ2v) is 7.80. The molecule has 1 aliphatic heterocycles. The number of hydrogen-bond donors (Lipinski definition) is 1. The quantitative estimate of drug-likeness (QED) is 0.737. The first-order valence-corrected chi connectivity index (χ1v) is 9.74. The Morgan fingerprint density at radius 3 is 2.61 bits per heavy atom. The van der Waals surface area contributed by atoms with Crippen LogP contribution in [0.4, 0.5) is 0 Å². The maximum Gasteiger partial charge on any atom is 0.212 e. The number of aryl methyl sites for hydroxylation is 1. The maximum absolute atomic E-state index is 12.2. The molecule has 1 aromatic carbocycles. The lowest BCUT2D eigenvalue weighted by atomic mass is 9.88. The first-order chi connectivity index (χ1) is 11.1. The summed E-state index contributed by atoms with van der Waals surface area (Å²) in [4.78, 5) is 0. The first kappa shape index (κ1) is 17.9. The fraction of sp³-hybridized carbons (Fsp3) is 0.588. The van der Waals surface area contributed by atoms with Crippen LogP contribution in [-0.2, 0) is 21.2 Å². The number of nitriles is 1. The third-order valence-corrected chi connectivity index (χ3v) is 5.65. The van der Waals surface area contributed by atoms with Crippen LogP contribution in [0.2, 0.25) is 0 Å². The number of ether oxygens (including phenoxy) is 1. The van der Waals surface area contributed by atoms with E-state index in [0.29, 0.717) is 19.8 Å². The van der Waals surface area contributed by atoms with Crippen LogP contribution in [0, 0.1) is 23.2 Å². The van der Waals surface area contributed by atoms with E-state index in [0.717, 1.165) is 25.7 Å². The Kier molecular flexibility index (Phi) is 7.03. The third-order valence-electron chi connectivity index (χ3n) is 4.21. The van der Waals surface area contributed by atoms with Gasteiger partial charge in [0.25, 0.3) is 0 Å². The van der Waals surface area contributed by atoms with Crippen molar-refractivity contribution in [2.45, 2.75) is 25.7 Å². The molecular formula is C17H24N2O3S. The minimum Gasteiger partial charge on any atom is -0.381 e. The molecule has 2 rings (SSSR count). The standard InChI is InChI=1S/C17H24N2O3S/c18-13-17(16-8-11-22-12-9-16)14-23(20,21)19-10-4-7-15-5-2-1-3-6-15/h1-3,5-6,16-17,19H,4,7-12,14H2. The van der Waals surface area contributed by atoms with Gasteiger partial charge in [0.15, 0.2) is 0 Å². The maximum atomic E-state index is 12.2. The Labute approximate surface area is 138 Å². The minimum absolute atomic E-state index is 0.112. The lowest BCUT2D eigenvalue weighted by Gasteiger charge is -2.25. The Bertz CT molecular complexity index is 604. The highest BCUT2D eigenvalue weighted by Crippen LogP contribution is 2.24. The highest BCUT2D eigenvalue weighted by atomic mass is 32.2. The molecule has 0 amide bonds. The van der Waals surface area contributed by atoms with Gasteiger partial charge >= 0.3 is 0 Å². The molecule has 6 heteroatoms. The van der Waals surface area contributed by atoms with Gasteiger partial charge in [0.1, 0.15) is 0 Å². The lowest BCUT2D eigenvalue weighted by Crippen LogP contribution is -2.34. The summed E-state index contributed by atoms with van der Waals surface area (Å²) in [5.41, 5.74) is 1.20. The summed E-state index contributed by atoms with van der Waals surface area (Å²) < 4.78 is 32.2. The molecule has 1 fully saturated rings. The zero-order valence-corrected chi connectivity index (χ0v) is 14.1. The van der Waals surface area contributed by atoms with Crippen molar-refractivity contribution in [2.24, 2.45) is 11.8 Å². The number of rotatable bonds is 8. The van der Waals surface area contributed by atoms with E-state index in [9.17, 15) is 13.7 Å². The van der Waals surface area contributed by atoms with Crippen molar-refractivity contribution >= 4 is 10.0 Å². The molecule has 0 aliphatic carbocycles. The molecule has 5 nitrogen and oxygen atoms in total. The molecule has 1 aliphatic rings. The van der Waals surface area contributed by atoms with Crippen LogP contribution in [0.3, 0.4) is 0 Å². The van der Waals surface area contributed by atoms with Gasteiger partial charge in [-0.15, -0.1) is 0 Å². The Hall–Kier alpha value is -1.42. The fourth-order valence-corrected chi connectivity index (χ4v) is 4.25. The topological polar surface area (TPSA) is 79.2 Å². The third kappa shape index (κ3) is 6.30. The normalized spacial score (nSPS) is 17.5.